The van der Waals surface area contributed by atoms with E-state index in [0.717, 1.165) is 19.3 Å². The van der Waals surface area contributed by atoms with Gasteiger partial charge < -0.3 is 14.8 Å². The van der Waals surface area contributed by atoms with Crippen LogP contribution >= 0.6 is 0 Å². The number of hydrogen-bond donors (Lipinski definition) is 2. The molecular weight excluding hydrogens is 248 g/mol. The van der Waals surface area contributed by atoms with Crippen LogP contribution in [0.1, 0.15) is 38.4 Å². The molecule has 0 bridgehead atoms. The molecule has 0 amide bonds. The number of aliphatic hydroxyl groups is 1. The lowest BCUT2D eigenvalue weighted by molar-refractivity contribution is -0.402. The predicted molar refractivity (Wildman–Crippen MR) is 69.7 cm³/mol. The van der Waals surface area contributed by atoms with E-state index in [9.17, 15) is 15.2 Å². The molecule has 1 aliphatic carbocycles. The third-order valence-electron chi connectivity index (χ3n) is 3.86. The van der Waals surface area contributed by atoms with Crippen LogP contribution in [0.5, 0.6) is 0 Å². The Kier molecular flexibility index (Phi) is 4.21. The van der Waals surface area contributed by atoms with E-state index in [0.29, 0.717) is 18.2 Å². The van der Waals surface area contributed by atoms with Crippen LogP contribution in [0, 0.1) is 16.0 Å². The first-order chi connectivity index (χ1) is 9.04. The maximum atomic E-state index is 10.5. The zero-order valence-electron chi connectivity index (χ0n) is 11.1. The lowest BCUT2D eigenvalue weighted by Gasteiger charge is -2.39. The number of furan rings is 1. The summed E-state index contributed by atoms with van der Waals surface area (Å²) in [5.41, 5.74) is -0.279. The Labute approximate surface area is 112 Å². The standard InChI is InChI=1S/C13H20N2O4/c1-10-3-2-6-13(7-10,9-16)14-8-11-4-5-12(19-11)15(17)18/h4-5,10,14,16H,2-3,6-9H2,1H3. The van der Waals surface area contributed by atoms with Crippen molar-refractivity contribution in [2.24, 2.45) is 5.92 Å². The first-order valence-corrected chi connectivity index (χ1v) is 6.64. The van der Waals surface area contributed by atoms with E-state index in [4.69, 9.17) is 4.42 Å². The molecule has 1 fully saturated rings. The fourth-order valence-corrected chi connectivity index (χ4v) is 2.85. The number of nitrogens with one attached hydrogen (secondary N) is 1. The molecule has 0 spiro atoms. The van der Waals surface area contributed by atoms with Crippen molar-refractivity contribution in [3.8, 4) is 0 Å². The summed E-state index contributed by atoms with van der Waals surface area (Å²) in [5, 5.41) is 23.5. The third kappa shape index (κ3) is 3.33. The van der Waals surface area contributed by atoms with Gasteiger partial charge in [0, 0.05) is 5.54 Å². The zero-order chi connectivity index (χ0) is 13.9. The summed E-state index contributed by atoms with van der Waals surface area (Å²) < 4.78 is 5.11. The van der Waals surface area contributed by atoms with Crippen LogP contribution < -0.4 is 5.32 Å². The fourth-order valence-electron chi connectivity index (χ4n) is 2.85. The second kappa shape index (κ2) is 5.71. The van der Waals surface area contributed by atoms with Gasteiger partial charge in [-0.3, -0.25) is 10.1 Å². The quantitative estimate of drug-likeness (QED) is 0.631. The Morgan fingerprint density at radius 1 is 1.63 bits per heavy atom. The van der Waals surface area contributed by atoms with Gasteiger partial charge in [0.25, 0.3) is 0 Å². The zero-order valence-corrected chi connectivity index (χ0v) is 11.1. The Morgan fingerprint density at radius 2 is 2.42 bits per heavy atom. The van der Waals surface area contributed by atoms with Gasteiger partial charge in [-0.05, 0) is 24.8 Å². The molecule has 2 rings (SSSR count). The minimum absolute atomic E-state index is 0.0835. The van der Waals surface area contributed by atoms with Crippen molar-refractivity contribution in [3.05, 3.63) is 28.0 Å². The van der Waals surface area contributed by atoms with E-state index >= 15 is 0 Å². The van der Waals surface area contributed by atoms with Crippen molar-refractivity contribution in [1.82, 2.24) is 5.32 Å². The van der Waals surface area contributed by atoms with Gasteiger partial charge in [0.05, 0.1) is 19.2 Å². The molecule has 1 heterocycles. The minimum Gasteiger partial charge on any atom is -0.404 e. The SMILES string of the molecule is CC1CCCC(CO)(NCc2ccc([N+](=O)[O-])o2)C1. The summed E-state index contributed by atoms with van der Waals surface area (Å²) in [6, 6.07) is 2.95. The molecule has 19 heavy (non-hydrogen) atoms. The third-order valence-corrected chi connectivity index (χ3v) is 3.86. The Bertz CT molecular complexity index is 446. The predicted octanol–water partition coefficient (Wildman–Crippen LogP) is 2.22. The molecule has 2 N–H and O–H groups in total. The van der Waals surface area contributed by atoms with Crippen LogP contribution in [-0.2, 0) is 6.54 Å². The summed E-state index contributed by atoms with van der Waals surface area (Å²) in [6.07, 6.45) is 4.13. The highest BCUT2D eigenvalue weighted by Crippen LogP contribution is 2.32. The maximum absolute atomic E-state index is 10.5. The normalized spacial score (nSPS) is 27.4. The van der Waals surface area contributed by atoms with Crippen molar-refractivity contribution in [1.29, 1.82) is 0 Å². The highest BCUT2D eigenvalue weighted by Gasteiger charge is 2.34. The number of rotatable bonds is 5. The Hall–Kier alpha value is -1.40. The summed E-state index contributed by atoms with van der Waals surface area (Å²) in [7, 11) is 0. The van der Waals surface area contributed by atoms with Gasteiger partial charge in [-0.15, -0.1) is 0 Å². The Morgan fingerprint density at radius 3 is 3.00 bits per heavy atom. The molecule has 1 saturated carbocycles. The van der Waals surface area contributed by atoms with Crippen molar-refractivity contribution < 1.29 is 14.4 Å². The monoisotopic (exact) mass is 268 g/mol. The van der Waals surface area contributed by atoms with E-state index in [2.05, 4.69) is 12.2 Å². The van der Waals surface area contributed by atoms with Crippen LogP contribution in [0.2, 0.25) is 0 Å². The smallest absolute Gasteiger partial charge is 0.404 e. The largest absolute Gasteiger partial charge is 0.433 e. The van der Waals surface area contributed by atoms with Gasteiger partial charge in [-0.1, -0.05) is 19.8 Å². The van der Waals surface area contributed by atoms with Gasteiger partial charge in [0.15, 0.2) is 0 Å². The average molecular weight is 268 g/mol. The van der Waals surface area contributed by atoms with Crippen molar-refractivity contribution in [2.45, 2.75) is 44.7 Å². The van der Waals surface area contributed by atoms with Crippen LogP contribution in [0.3, 0.4) is 0 Å². The number of aliphatic hydroxyl groups excluding tert-OH is 1. The van der Waals surface area contributed by atoms with Crippen molar-refractivity contribution in [3.63, 3.8) is 0 Å². The summed E-state index contributed by atoms with van der Waals surface area (Å²) >= 11 is 0. The topological polar surface area (TPSA) is 88.5 Å². The molecule has 1 aromatic rings. The van der Waals surface area contributed by atoms with Crippen LogP contribution in [-0.4, -0.2) is 22.2 Å². The van der Waals surface area contributed by atoms with Crippen LogP contribution in [0.15, 0.2) is 16.5 Å². The maximum Gasteiger partial charge on any atom is 0.433 e. The Balaban J connectivity index is 1.97. The van der Waals surface area contributed by atoms with Gasteiger partial charge in [0.2, 0.25) is 0 Å². The van der Waals surface area contributed by atoms with Gasteiger partial charge in [-0.2, -0.15) is 0 Å². The van der Waals surface area contributed by atoms with Gasteiger partial charge in [-0.25, -0.2) is 0 Å². The molecule has 0 aliphatic heterocycles. The van der Waals surface area contributed by atoms with E-state index in [1.165, 1.54) is 12.5 Å². The molecular formula is C13H20N2O4. The van der Waals surface area contributed by atoms with Crippen LogP contribution in [0.4, 0.5) is 5.88 Å². The minimum atomic E-state index is -0.548. The van der Waals surface area contributed by atoms with E-state index in [1.807, 2.05) is 0 Å². The van der Waals surface area contributed by atoms with E-state index in [1.54, 1.807) is 6.07 Å². The summed E-state index contributed by atoms with van der Waals surface area (Å²) in [6.45, 7) is 2.67. The summed E-state index contributed by atoms with van der Waals surface area (Å²) in [4.78, 5) is 9.99. The average Bonchev–Trinajstić information content (AvgIpc) is 2.85. The molecule has 2 atom stereocenters. The van der Waals surface area contributed by atoms with Gasteiger partial charge >= 0.3 is 5.88 Å². The molecule has 1 aliphatic rings. The van der Waals surface area contributed by atoms with Crippen molar-refractivity contribution >= 4 is 5.88 Å². The first-order valence-electron chi connectivity index (χ1n) is 6.64. The van der Waals surface area contributed by atoms with Crippen molar-refractivity contribution in [2.75, 3.05) is 6.61 Å². The second-order valence-corrected chi connectivity index (χ2v) is 5.49. The molecule has 1 aromatic heterocycles. The molecule has 6 nitrogen and oxygen atoms in total. The molecule has 0 radical (unpaired) electrons. The lowest BCUT2D eigenvalue weighted by atomic mass is 9.77. The number of nitrogens with zero attached hydrogens (tertiary/aromatic N) is 1. The molecule has 0 saturated heterocycles. The van der Waals surface area contributed by atoms with Gasteiger partial charge in [0.1, 0.15) is 10.7 Å². The molecule has 106 valence electrons. The molecule has 2 unspecified atom stereocenters. The van der Waals surface area contributed by atoms with E-state index < -0.39 is 4.92 Å². The highest BCUT2D eigenvalue weighted by atomic mass is 16.6. The highest BCUT2D eigenvalue weighted by molar-refractivity contribution is 5.17. The molecule has 0 aromatic carbocycles. The van der Waals surface area contributed by atoms with E-state index in [-0.39, 0.29) is 18.0 Å². The first kappa shape index (κ1) is 14.0. The summed E-state index contributed by atoms with van der Waals surface area (Å²) in [5.74, 6) is 0.865. The number of hydrogen-bond acceptors (Lipinski definition) is 5. The second-order valence-electron chi connectivity index (χ2n) is 5.49. The fraction of sp³-hybridized carbons (Fsp3) is 0.692. The molecule has 6 heteroatoms. The number of nitro groups is 1. The lowest BCUT2D eigenvalue weighted by Crippen LogP contribution is -2.51. The van der Waals surface area contributed by atoms with Crippen LogP contribution in [0.25, 0.3) is 0 Å².